The van der Waals surface area contributed by atoms with Gasteiger partial charge >= 0.3 is 0 Å². The van der Waals surface area contributed by atoms with Crippen molar-refractivity contribution in [2.24, 2.45) is 0 Å². The van der Waals surface area contributed by atoms with Crippen molar-refractivity contribution in [2.45, 2.75) is 37.6 Å². The van der Waals surface area contributed by atoms with Crippen molar-refractivity contribution in [3.05, 3.63) is 12.4 Å². The average Bonchev–Trinajstić information content (AvgIpc) is 2.43. The van der Waals surface area contributed by atoms with Gasteiger partial charge < -0.3 is 10.2 Å². The molecule has 7 nitrogen and oxygen atoms in total. The molecule has 0 aliphatic heterocycles. The molecule has 0 saturated heterocycles. The van der Waals surface area contributed by atoms with Crippen LogP contribution in [0.3, 0.4) is 0 Å². The van der Waals surface area contributed by atoms with Crippen molar-refractivity contribution in [3.63, 3.8) is 0 Å². The Morgan fingerprint density at radius 3 is 2.43 bits per heavy atom. The van der Waals surface area contributed by atoms with E-state index in [0.29, 0.717) is 5.95 Å². The molecule has 2 N–H and O–H groups in total. The van der Waals surface area contributed by atoms with Crippen molar-refractivity contribution >= 4 is 16.0 Å². The molecule has 0 aromatic carbocycles. The first-order valence-corrected chi connectivity index (χ1v) is 8.56. The normalized spacial score (nSPS) is 13.4. The van der Waals surface area contributed by atoms with Crippen LogP contribution in [0.15, 0.2) is 17.3 Å². The molecule has 0 saturated carbocycles. The van der Waals surface area contributed by atoms with Crippen molar-refractivity contribution in [2.75, 3.05) is 32.5 Å². The highest BCUT2D eigenvalue weighted by Gasteiger charge is 2.18. The molecule has 21 heavy (non-hydrogen) atoms. The Labute approximate surface area is 127 Å². The van der Waals surface area contributed by atoms with E-state index in [2.05, 4.69) is 20.0 Å². The fourth-order valence-electron chi connectivity index (χ4n) is 1.63. The van der Waals surface area contributed by atoms with Gasteiger partial charge in [0, 0.05) is 12.6 Å². The van der Waals surface area contributed by atoms with Gasteiger partial charge in [-0.1, -0.05) is 6.92 Å². The lowest BCUT2D eigenvalue weighted by molar-refractivity contribution is 0.379. The second kappa shape index (κ2) is 8.26. The lowest BCUT2D eigenvalue weighted by Gasteiger charge is -2.16. The molecule has 0 spiro atoms. The molecule has 1 rings (SSSR count). The van der Waals surface area contributed by atoms with E-state index >= 15 is 0 Å². The minimum absolute atomic E-state index is 0.0845. The summed E-state index contributed by atoms with van der Waals surface area (Å²) >= 11 is 0. The van der Waals surface area contributed by atoms with E-state index < -0.39 is 10.0 Å². The molecule has 1 aromatic rings. The molecule has 1 heterocycles. The van der Waals surface area contributed by atoms with Crippen LogP contribution in [0.5, 0.6) is 0 Å². The van der Waals surface area contributed by atoms with Gasteiger partial charge in [-0.2, -0.15) is 0 Å². The Kier molecular flexibility index (Phi) is 7.00. The van der Waals surface area contributed by atoms with E-state index in [1.165, 1.54) is 12.4 Å². The highest BCUT2D eigenvalue weighted by molar-refractivity contribution is 7.89. The van der Waals surface area contributed by atoms with E-state index in [4.69, 9.17) is 0 Å². The zero-order chi connectivity index (χ0) is 15.9. The number of sulfonamides is 1. The molecule has 8 heteroatoms. The number of hydrogen-bond donors (Lipinski definition) is 2. The van der Waals surface area contributed by atoms with Gasteiger partial charge in [-0.15, -0.1) is 0 Å². The molecule has 0 bridgehead atoms. The van der Waals surface area contributed by atoms with Crippen LogP contribution in [0.4, 0.5) is 5.95 Å². The zero-order valence-electron chi connectivity index (χ0n) is 13.1. The number of nitrogens with one attached hydrogen (secondary N) is 2. The average molecular weight is 315 g/mol. The maximum atomic E-state index is 12.2. The fraction of sp³-hybridized carbons (Fsp3) is 0.692. The predicted octanol–water partition coefficient (Wildman–Crippen LogP) is 0.917. The van der Waals surface area contributed by atoms with Gasteiger partial charge in [0.05, 0.1) is 12.4 Å². The summed E-state index contributed by atoms with van der Waals surface area (Å²) in [6.07, 6.45) is 4.34. The summed E-state index contributed by atoms with van der Waals surface area (Å²) in [6, 6.07) is -0.143. The summed E-state index contributed by atoms with van der Waals surface area (Å²) < 4.78 is 27.0. The van der Waals surface area contributed by atoms with Crippen LogP contribution in [0.2, 0.25) is 0 Å². The molecule has 0 fully saturated rings. The molecule has 1 unspecified atom stereocenters. The Bertz CT molecular complexity index is 516. The van der Waals surface area contributed by atoms with Crippen LogP contribution < -0.4 is 10.0 Å². The first-order valence-electron chi connectivity index (χ1n) is 7.08. The SMILES string of the molecule is CCCNc1ncc(S(=O)(=O)NC(C)CCN(C)C)cn1. The molecular weight excluding hydrogens is 290 g/mol. The van der Waals surface area contributed by atoms with E-state index in [0.717, 1.165) is 25.9 Å². The van der Waals surface area contributed by atoms with Crippen molar-refractivity contribution in [1.29, 1.82) is 0 Å². The van der Waals surface area contributed by atoms with Crippen LogP contribution in [-0.2, 0) is 10.0 Å². The minimum atomic E-state index is -3.57. The third-order valence-electron chi connectivity index (χ3n) is 2.84. The standard InChI is InChI=1S/C13H25N5O2S/c1-5-7-14-13-15-9-12(10-16-13)21(19,20)17-11(2)6-8-18(3)4/h9-11,17H,5-8H2,1-4H3,(H,14,15,16). The maximum absolute atomic E-state index is 12.2. The van der Waals surface area contributed by atoms with Crippen LogP contribution >= 0.6 is 0 Å². The van der Waals surface area contributed by atoms with Gasteiger partial charge in [0.1, 0.15) is 4.90 Å². The van der Waals surface area contributed by atoms with Crippen LogP contribution in [0.1, 0.15) is 26.7 Å². The highest BCUT2D eigenvalue weighted by atomic mass is 32.2. The molecular formula is C13H25N5O2S. The topological polar surface area (TPSA) is 87.2 Å². The van der Waals surface area contributed by atoms with Crippen LogP contribution in [0.25, 0.3) is 0 Å². The lowest BCUT2D eigenvalue weighted by Crippen LogP contribution is -2.34. The summed E-state index contributed by atoms with van der Waals surface area (Å²) in [5, 5.41) is 3.00. The maximum Gasteiger partial charge on any atom is 0.243 e. The number of anilines is 1. The smallest absolute Gasteiger partial charge is 0.243 e. The van der Waals surface area contributed by atoms with Crippen molar-refractivity contribution in [3.8, 4) is 0 Å². The summed E-state index contributed by atoms with van der Waals surface area (Å²) in [5.41, 5.74) is 0. The monoisotopic (exact) mass is 315 g/mol. The van der Waals surface area contributed by atoms with E-state index in [9.17, 15) is 8.42 Å². The van der Waals surface area contributed by atoms with Gasteiger partial charge in [0.15, 0.2) is 0 Å². The van der Waals surface area contributed by atoms with Crippen molar-refractivity contribution < 1.29 is 8.42 Å². The number of rotatable bonds is 9. The summed E-state index contributed by atoms with van der Waals surface area (Å²) in [5.74, 6) is 0.441. The quantitative estimate of drug-likeness (QED) is 0.704. The number of hydrogen-bond acceptors (Lipinski definition) is 6. The molecule has 0 radical (unpaired) electrons. The first kappa shape index (κ1) is 17.8. The highest BCUT2D eigenvalue weighted by Crippen LogP contribution is 2.09. The van der Waals surface area contributed by atoms with Gasteiger partial charge in [0.2, 0.25) is 16.0 Å². The lowest BCUT2D eigenvalue weighted by atomic mass is 10.2. The van der Waals surface area contributed by atoms with Gasteiger partial charge in [0.25, 0.3) is 0 Å². The summed E-state index contributed by atoms with van der Waals surface area (Å²) in [6.45, 7) is 5.45. The van der Waals surface area contributed by atoms with Gasteiger partial charge in [-0.3, -0.25) is 0 Å². The first-order chi connectivity index (χ1) is 9.85. The Hall–Kier alpha value is -1.25. The zero-order valence-corrected chi connectivity index (χ0v) is 13.9. The fourth-order valence-corrected chi connectivity index (χ4v) is 2.79. The molecule has 0 aliphatic rings. The van der Waals surface area contributed by atoms with E-state index in [-0.39, 0.29) is 10.9 Å². The van der Waals surface area contributed by atoms with E-state index in [1.807, 2.05) is 32.8 Å². The Morgan fingerprint density at radius 2 is 1.90 bits per heavy atom. The second-order valence-corrected chi connectivity index (χ2v) is 7.00. The number of aromatic nitrogens is 2. The molecule has 1 atom stereocenters. The molecule has 0 amide bonds. The second-order valence-electron chi connectivity index (χ2n) is 5.28. The molecule has 0 aliphatic carbocycles. The third kappa shape index (κ3) is 6.36. The number of nitrogens with zero attached hydrogens (tertiary/aromatic N) is 3. The predicted molar refractivity (Wildman–Crippen MR) is 83.8 cm³/mol. The summed E-state index contributed by atoms with van der Waals surface area (Å²) in [7, 11) is 0.345. The summed E-state index contributed by atoms with van der Waals surface area (Å²) in [4.78, 5) is 10.1. The van der Waals surface area contributed by atoms with E-state index in [1.54, 1.807) is 0 Å². The van der Waals surface area contributed by atoms with Crippen molar-refractivity contribution in [1.82, 2.24) is 19.6 Å². The minimum Gasteiger partial charge on any atom is -0.354 e. The largest absolute Gasteiger partial charge is 0.354 e. The van der Waals surface area contributed by atoms with Crippen LogP contribution in [-0.4, -0.2) is 56.5 Å². The van der Waals surface area contributed by atoms with Gasteiger partial charge in [-0.05, 0) is 40.4 Å². The Balaban J connectivity index is 2.65. The Morgan fingerprint density at radius 1 is 1.29 bits per heavy atom. The molecule has 1 aromatic heterocycles. The van der Waals surface area contributed by atoms with Crippen LogP contribution in [0, 0.1) is 0 Å². The molecule has 120 valence electrons. The third-order valence-corrected chi connectivity index (χ3v) is 4.38. The van der Waals surface area contributed by atoms with Gasteiger partial charge in [-0.25, -0.2) is 23.1 Å².